The highest BCUT2D eigenvalue weighted by molar-refractivity contribution is 4.90. The number of hydrogen-bond donors (Lipinski definition) is 1. The molecular weight excluding hydrogens is 232 g/mol. The molecule has 3 atom stereocenters. The van der Waals surface area contributed by atoms with Crippen LogP contribution >= 0.6 is 0 Å². The van der Waals surface area contributed by atoms with Crippen LogP contribution in [0.25, 0.3) is 0 Å². The van der Waals surface area contributed by atoms with Crippen molar-refractivity contribution in [2.45, 2.75) is 72.4 Å². The number of hydrogen-bond acceptors (Lipinski definition) is 2. The lowest BCUT2D eigenvalue weighted by molar-refractivity contribution is 0.0926. The third kappa shape index (κ3) is 4.19. The van der Waals surface area contributed by atoms with Crippen LogP contribution in [0.1, 0.15) is 60.3 Å². The largest absolute Gasteiger partial charge is 0.312 e. The topological polar surface area (TPSA) is 15.3 Å². The molecule has 19 heavy (non-hydrogen) atoms. The fourth-order valence-corrected chi connectivity index (χ4v) is 4.06. The molecular formula is C17H34N2. The van der Waals surface area contributed by atoms with Gasteiger partial charge in [0.2, 0.25) is 0 Å². The van der Waals surface area contributed by atoms with E-state index in [1.807, 2.05) is 0 Å². The van der Waals surface area contributed by atoms with Gasteiger partial charge < -0.3 is 5.32 Å². The molecule has 0 aromatic carbocycles. The molecule has 1 heterocycles. The molecule has 1 saturated carbocycles. The molecule has 0 amide bonds. The van der Waals surface area contributed by atoms with Crippen molar-refractivity contribution in [2.75, 3.05) is 19.6 Å². The lowest BCUT2D eigenvalue weighted by Crippen LogP contribution is -2.50. The lowest BCUT2D eigenvalue weighted by Gasteiger charge is -2.41. The maximum Gasteiger partial charge on any atom is 0.0243 e. The van der Waals surface area contributed by atoms with E-state index in [1.165, 1.54) is 45.3 Å². The van der Waals surface area contributed by atoms with Crippen molar-refractivity contribution in [3.05, 3.63) is 0 Å². The van der Waals surface area contributed by atoms with Crippen LogP contribution in [0.15, 0.2) is 0 Å². The Hall–Kier alpha value is -0.0800. The van der Waals surface area contributed by atoms with E-state index in [-0.39, 0.29) is 0 Å². The summed E-state index contributed by atoms with van der Waals surface area (Å²) >= 11 is 0. The van der Waals surface area contributed by atoms with E-state index in [1.54, 1.807) is 0 Å². The average molecular weight is 266 g/mol. The second-order valence-corrected chi connectivity index (χ2v) is 8.29. The monoisotopic (exact) mass is 266 g/mol. The molecule has 0 aromatic rings. The predicted octanol–water partition coefficient (Wildman–Crippen LogP) is 3.52. The summed E-state index contributed by atoms with van der Waals surface area (Å²) in [7, 11) is 0. The number of nitrogens with one attached hydrogen (secondary N) is 1. The van der Waals surface area contributed by atoms with Gasteiger partial charge in [0, 0.05) is 18.6 Å². The van der Waals surface area contributed by atoms with Gasteiger partial charge >= 0.3 is 0 Å². The molecule has 0 bridgehead atoms. The van der Waals surface area contributed by atoms with Crippen molar-refractivity contribution in [3.63, 3.8) is 0 Å². The van der Waals surface area contributed by atoms with Crippen LogP contribution in [-0.2, 0) is 0 Å². The maximum absolute atomic E-state index is 3.77. The van der Waals surface area contributed by atoms with Crippen LogP contribution in [0, 0.1) is 17.3 Å². The first-order valence-electron chi connectivity index (χ1n) is 8.33. The zero-order valence-corrected chi connectivity index (χ0v) is 13.7. The van der Waals surface area contributed by atoms with Crippen molar-refractivity contribution in [3.8, 4) is 0 Å². The minimum atomic E-state index is 0.370. The van der Waals surface area contributed by atoms with Gasteiger partial charge in [-0.2, -0.15) is 0 Å². The van der Waals surface area contributed by atoms with Crippen LogP contribution in [0.5, 0.6) is 0 Å². The zero-order chi connectivity index (χ0) is 14.0. The smallest absolute Gasteiger partial charge is 0.0243 e. The molecule has 0 spiro atoms. The normalized spacial score (nSPS) is 39.0. The van der Waals surface area contributed by atoms with E-state index in [0.717, 1.165) is 17.9 Å². The second-order valence-electron chi connectivity index (χ2n) is 8.29. The molecule has 1 saturated heterocycles. The molecule has 1 aliphatic heterocycles. The third-order valence-electron chi connectivity index (χ3n) is 5.15. The summed E-state index contributed by atoms with van der Waals surface area (Å²) in [4.78, 5) is 2.81. The van der Waals surface area contributed by atoms with Gasteiger partial charge in [-0.15, -0.1) is 0 Å². The minimum absolute atomic E-state index is 0.370. The quantitative estimate of drug-likeness (QED) is 0.781. The lowest BCUT2D eigenvalue weighted by atomic mass is 9.79. The van der Waals surface area contributed by atoms with E-state index >= 15 is 0 Å². The summed E-state index contributed by atoms with van der Waals surface area (Å²) in [5.74, 6) is 1.83. The first kappa shape index (κ1) is 15.3. The Balaban J connectivity index is 2.01. The predicted molar refractivity (Wildman–Crippen MR) is 83.4 cm³/mol. The highest BCUT2D eigenvalue weighted by Crippen LogP contribution is 2.33. The van der Waals surface area contributed by atoms with Gasteiger partial charge in [0.05, 0.1) is 0 Å². The molecule has 2 rings (SSSR count). The van der Waals surface area contributed by atoms with Crippen molar-refractivity contribution in [2.24, 2.45) is 17.3 Å². The van der Waals surface area contributed by atoms with Gasteiger partial charge in [0.15, 0.2) is 0 Å². The molecule has 2 fully saturated rings. The molecule has 112 valence electrons. The Morgan fingerprint density at radius 1 is 1.00 bits per heavy atom. The van der Waals surface area contributed by atoms with E-state index in [2.05, 4.69) is 44.8 Å². The minimum Gasteiger partial charge on any atom is -0.312 e. The van der Waals surface area contributed by atoms with Gasteiger partial charge in [0.25, 0.3) is 0 Å². The zero-order valence-electron chi connectivity index (χ0n) is 13.7. The van der Waals surface area contributed by atoms with Crippen molar-refractivity contribution >= 4 is 0 Å². The first-order chi connectivity index (χ1) is 8.86. The van der Waals surface area contributed by atoms with E-state index in [4.69, 9.17) is 0 Å². The molecule has 2 nitrogen and oxygen atoms in total. The molecule has 0 aromatic heterocycles. The van der Waals surface area contributed by atoms with E-state index < -0.39 is 0 Å². The summed E-state index contributed by atoms with van der Waals surface area (Å²) in [5.41, 5.74) is 0.370. The van der Waals surface area contributed by atoms with Gasteiger partial charge in [-0.1, -0.05) is 34.6 Å². The number of rotatable bonds is 1. The first-order valence-corrected chi connectivity index (χ1v) is 8.33. The molecule has 1 N–H and O–H groups in total. The Morgan fingerprint density at radius 3 is 2.21 bits per heavy atom. The SMILES string of the molecule is CC1CC(C)CC(N2CCCNC(C(C)(C)C)C2)C1. The Morgan fingerprint density at radius 2 is 1.63 bits per heavy atom. The summed E-state index contributed by atoms with van der Waals surface area (Å²) in [6.07, 6.45) is 5.58. The summed E-state index contributed by atoms with van der Waals surface area (Å²) < 4.78 is 0. The van der Waals surface area contributed by atoms with Crippen molar-refractivity contribution < 1.29 is 0 Å². The standard InChI is InChI=1S/C17H34N2/c1-13-9-14(2)11-15(10-13)19-8-6-7-18-16(12-19)17(3,4)5/h13-16,18H,6-12H2,1-5H3. The van der Waals surface area contributed by atoms with Crippen molar-refractivity contribution in [1.29, 1.82) is 0 Å². The van der Waals surface area contributed by atoms with E-state index in [9.17, 15) is 0 Å². The van der Waals surface area contributed by atoms with Gasteiger partial charge in [-0.05, 0) is 56.0 Å². The average Bonchev–Trinajstić information content (AvgIpc) is 2.52. The van der Waals surface area contributed by atoms with Gasteiger partial charge in [-0.25, -0.2) is 0 Å². The van der Waals surface area contributed by atoms with Crippen LogP contribution in [-0.4, -0.2) is 36.6 Å². The summed E-state index contributed by atoms with van der Waals surface area (Å²) in [6, 6.07) is 1.48. The second kappa shape index (κ2) is 6.13. The van der Waals surface area contributed by atoms with E-state index in [0.29, 0.717) is 11.5 Å². The Labute approximate surface area is 120 Å². The Bertz CT molecular complexity index is 271. The fraction of sp³-hybridized carbons (Fsp3) is 1.00. The maximum atomic E-state index is 3.77. The summed E-state index contributed by atoms with van der Waals surface area (Å²) in [5, 5.41) is 3.77. The summed E-state index contributed by atoms with van der Waals surface area (Å²) in [6.45, 7) is 15.7. The number of nitrogens with zero attached hydrogens (tertiary/aromatic N) is 1. The fourth-order valence-electron chi connectivity index (χ4n) is 4.06. The van der Waals surface area contributed by atoms with Gasteiger partial charge in [-0.3, -0.25) is 4.90 Å². The molecule has 3 unspecified atom stereocenters. The van der Waals surface area contributed by atoms with Gasteiger partial charge in [0.1, 0.15) is 0 Å². The highest BCUT2D eigenvalue weighted by Gasteiger charge is 2.33. The molecule has 2 aliphatic rings. The third-order valence-corrected chi connectivity index (χ3v) is 5.15. The molecule has 1 aliphatic carbocycles. The van der Waals surface area contributed by atoms with Crippen LogP contribution < -0.4 is 5.32 Å². The highest BCUT2D eigenvalue weighted by atomic mass is 15.2. The molecule has 0 radical (unpaired) electrons. The molecule has 2 heteroatoms. The Kier molecular flexibility index (Phi) is 4.94. The van der Waals surface area contributed by atoms with Crippen molar-refractivity contribution in [1.82, 2.24) is 10.2 Å². The van der Waals surface area contributed by atoms with Crippen LogP contribution in [0.2, 0.25) is 0 Å². The van der Waals surface area contributed by atoms with Crippen LogP contribution in [0.3, 0.4) is 0 Å². The van der Waals surface area contributed by atoms with Crippen LogP contribution in [0.4, 0.5) is 0 Å².